The third-order valence-corrected chi connectivity index (χ3v) is 6.02. The standard InChI is InChI=1S/C25H26N4O/c30-25(24-21-11-4-6-12-22(21)27-28-24)26-15-14-19-17-29(16-18-8-2-1-3-9-18)23-13-7-5-10-20(19)23/h1-3,5,7-10,13,17H,4,6,11-12,14-16H2,(H,26,30)(H,27,28). The lowest BCUT2D eigenvalue weighted by Crippen LogP contribution is -2.27. The molecule has 30 heavy (non-hydrogen) atoms. The van der Waals surface area contributed by atoms with Crippen LogP contribution in [0.15, 0.2) is 60.8 Å². The number of carbonyl (C=O) groups excluding carboxylic acids is 1. The number of H-pyrrole nitrogens is 1. The highest BCUT2D eigenvalue weighted by atomic mass is 16.1. The Bertz CT molecular complexity index is 1170. The van der Waals surface area contributed by atoms with Crippen LogP contribution in [-0.4, -0.2) is 27.2 Å². The van der Waals surface area contributed by atoms with E-state index in [9.17, 15) is 4.79 Å². The summed E-state index contributed by atoms with van der Waals surface area (Å²) in [6.07, 6.45) is 7.26. The number of rotatable bonds is 6. The molecule has 0 saturated carbocycles. The van der Waals surface area contributed by atoms with Crippen LogP contribution < -0.4 is 5.32 Å². The first-order valence-electron chi connectivity index (χ1n) is 10.7. The number of nitrogens with zero attached hydrogens (tertiary/aromatic N) is 2. The Morgan fingerprint density at radius 2 is 1.83 bits per heavy atom. The number of para-hydroxylation sites is 1. The van der Waals surface area contributed by atoms with Gasteiger partial charge in [-0.3, -0.25) is 9.89 Å². The van der Waals surface area contributed by atoms with Crippen LogP contribution >= 0.6 is 0 Å². The minimum absolute atomic E-state index is 0.0672. The number of amides is 1. The maximum absolute atomic E-state index is 12.7. The maximum Gasteiger partial charge on any atom is 0.272 e. The van der Waals surface area contributed by atoms with Gasteiger partial charge in [-0.25, -0.2) is 0 Å². The number of carbonyl (C=O) groups is 1. The molecule has 0 bridgehead atoms. The van der Waals surface area contributed by atoms with Gasteiger partial charge in [-0.1, -0.05) is 48.5 Å². The first-order valence-corrected chi connectivity index (χ1v) is 10.7. The molecule has 0 fully saturated rings. The van der Waals surface area contributed by atoms with E-state index >= 15 is 0 Å². The normalized spacial score (nSPS) is 13.3. The predicted molar refractivity (Wildman–Crippen MR) is 119 cm³/mol. The first-order chi connectivity index (χ1) is 14.8. The van der Waals surface area contributed by atoms with Crippen LogP contribution in [0.5, 0.6) is 0 Å². The average molecular weight is 399 g/mol. The molecule has 0 atom stereocenters. The summed E-state index contributed by atoms with van der Waals surface area (Å²) in [7, 11) is 0. The molecule has 2 aromatic heterocycles. The Hall–Kier alpha value is -3.34. The quantitative estimate of drug-likeness (QED) is 0.510. The van der Waals surface area contributed by atoms with Crippen molar-refractivity contribution in [1.29, 1.82) is 0 Å². The second kappa shape index (κ2) is 8.19. The number of nitrogens with one attached hydrogen (secondary N) is 2. The molecule has 152 valence electrons. The minimum Gasteiger partial charge on any atom is -0.350 e. The van der Waals surface area contributed by atoms with Crippen molar-refractivity contribution in [2.45, 2.75) is 38.6 Å². The van der Waals surface area contributed by atoms with Crippen LogP contribution in [0.3, 0.4) is 0 Å². The first kappa shape index (κ1) is 18.7. The Labute approximate surface area is 176 Å². The van der Waals surface area contributed by atoms with Crippen molar-refractivity contribution < 1.29 is 4.79 Å². The van der Waals surface area contributed by atoms with E-state index in [1.807, 2.05) is 6.07 Å². The summed E-state index contributed by atoms with van der Waals surface area (Å²) < 4.78 is 2.30. The molecule has 2 aromatic carbocycles. The van der Waals surface area contributed by atoms with E-state index in [0.29, 0.717) is 12.2 Å². The SMILES string of the molecule is O=C(NCCc1cn(Cc2ccccc2)c2ccccc12)c1n[nH]c2c1CCCC2. The molecule has 5 nitrogen and oxygen atoms in total. The van der Waals surface area contributed by atoms with Crippen molar-refractivity contribution >= 4 is 16.8 Å². The number of aryl methyl sites for hydroxylation is 1. The second-order valence-electron chi connectivity index (χ2n) is 8.03. The van der Waals surface area contributed by atoms with E-state index in [4.69, 9.17) is 0 Å². The van der Waals surface area contributed by atoms with Gasteiger partial charge in [0.2, 0.25) is 0 Å². The van der Waals surface area contributed by atoms with Gasteiger partial charge < -0.3 is 9.88 Å². The van der Waals surface area contributed by atoms with Crippen molar-refractivity contribution in [3.05, 3.63) is 88.9 Å². The molecule has 1 amide bonds. The van der Waals surface area contributed by atoms with Gasteiger partial charge in [0.15, 0.2) is 5.69 Å². The summed E-state index contributed by atoms with van der Waals surface area (Å²) >= 11 is 0. The molecule has 2 heterocycles. The smallest absolute Gasteiger partial charge is 0.272 e. The predicted octanol–water partition coefficient (Wildman–Crippen LogP) is 4.26. The van der Waals surface area contributed by atoms with Crippen LogP contribution in [0, 0.1) is 0 Å². The summed E-state index contributed by atoms with van der Waals surface area (Å²) in [5.74, 6) is -0.0672. The van der Waals surface area contributed by atoms with Crippen LogP contribution in [-0.2, 0) is 25.8 Å². The summed E-state index contributed by atoms with van der Waals surface area (Å²) in [4.78, 5) is 12.7. The maximum atomic E-state index is 12.7. The molecule has 5 heteroatoms. The molecule has 0 radical (unpaired) electrons. The van der Waals surface area contributed by atoms with Gasteiger partial charge in [-0.2, -0.15) is 5.10 Å². The van der Waals surface area contributed by atoms with Crippen molar-refractivity contribution in [2.75, 3.05) is 6.54 Å². The minimum atomic E-state index is -0.0672. The molecule has 1 aliphatic rings. The van der Waals surface area contributed by atoms with Gasteiger partial charge >= 0.3 is 0 Å². The van der Waals surface area contributed by atoms with Gasteiger partial charge in [0.05, 0.1) is 0 Å². The molecular weight excluding hydrogens is 372 g/mol. The Morgan fingerprint density at radius 1 is 1.03 bits per heavy atom. The van der Waals surface area contributed by atoms with Crippen LogP contribution in [0.4, 0.5) is 0 Å². The van der Waals surface area contributed by atoms with E-state index in [2.05, 4.69) is 74.8 Å². The van der Waals surface area contributed by atoms with Gasteiger partial charge in [-0.05, 0) is 49.3 Å². The highest BCUT2D eigenvalue weighted by Crippen LogP contribution is 2.24. The molecule has 0 saturated heterocycles. The Kier molecular flexibility index (Phi) is 5.10. The Morgan fingerprint density at radius 3 is 2.73 bits per heavy atom. The van der Waals surface area contributed by atoms with Gasteiger partial charge in [0.1, 0.15) is 0 Å². The van der Waals surface area contributed by atoms with Crippen LogP contribution in [0.25, 0.3) is 10.9 Å². The van der Waals surface area contributed by atoms with Crippen molar-refractivity contribution in [3.63, 3.8) is 0 Å². The number of aromatic amines is 1. The highest BCUT2D eigenvalue weighted by molar-refractivity contribution is 5.94. The van der Waals surface area contributed by atoms with E-state index < -0.39 is 0 Å². The summed E-state index contributed by atoms with van der Waals surface area (Å²) in [5.41, 5.74) is 6.58. The molecule has 1 aliphatic carbocycles. The summed E-state index contributed by atoms with van der Waals surface area (Å²) in [5, 5.41) is 11.7. The van der Waals surface area contributed by atoms with Gasteiger partial charge in [0.25, 0.3) is 5.91 Å². The lowest BCUT2D eigenvalue weighted by Gasteiger charge is -2.11. The topological polar surface area (TPSA) is 62.7 Å². The molecule has 0 aliphatic heterocycles. The highest BCUT2D eigenvalue weighted by Gasteiger charge is 2.21. The molecule has 5 rings (SSSR count). The molecule has 2 N–H and O–H groups in total. The fourth-order valence-corrected chi connectivity index (χ4v) is 4.50. The fourth-order valence-electron chi connectivity index (χ4n) is 4.50. The summed E-state index contributed by atoms with van der Waals surface area (Å²) in [6.45, 7) is 1.44. The zero-order valence-electron chi connectivity index (χ0n) is 17.0. The molecular formula is C25H26N4O. The zero-order valence-corrected chi connectivity index (χ0v) is 17.0. The van der Waals surface area contributed by atoms with Crippen LogP contribution in [0.2, 0.25) is 0 Å². The molecule has 0 spiro atoms. The number of benzene rings is 2. The number of aromatic nitrogens is 3. The van der Waals surface area contributed by atoms with Gasteiger partial charge in [-0.15, -0.1) is 0 Å². The van der Waals surface area contributed by atoms with E-state index in [1.165, 1.54) is 28.5 Å². The zero-order chi connectivity index (χ0) is 20.3. The molecule has 0 unspecified atom stereocenters. The number of hydrogen-bond acceptors (Lipinski definition) is 2. The van der Waals surface area contributed by atoms with Crippen molar-refractivity contribution in [1.82, 2.24) is 20.1 Å². The molecule has 4 aromatic rings. The second-order valence-corrected chi connectivity index (χ2v) is 8.03. The van der Waals surface area contributed by atoms with Crippen molar-refractivity contribution in [3.8, 4) is 0 Å². The van der Waals surface area contributed by atoms with Crippen molar-refractivity contribution in [2.24, 2.45) is 0 Å². The van der Waals surface area contributed by atoms with E-state index in [1.54, 1.807) is 0 Å². The lowest BCUT2D eigenvalue weighted by molar-refractivity contribution is 0.0948. The fraction of sp³-hybridized carbons (Fsp3) is 0.280. The Balaban J connectivity index is 1.30. The number of fused-ring (bicyclic) bond motifs is 2. The van der Waals surface area contributed by atoms with Crippen LogP contribution in [0.1, 0.15) is 45.7 Å². The average Bonchev–Trinajstić information content (AvgIpc) is 3.37. The van der Waals surface area contributed by atoms with E-state index in [0.717, 1.165) is 43.5 Å². The van der Waals surface area contributed by atoms with E-state index in [-0.39, 0.29) is 5.91 Å². The summed E-state index contributed by atoms with van der Waals surface area (Å²) in [6, 6.07) is 19.0. The third-order valence-electron chi connectivity index (χ3n) is 6.02. The lowest BCUT2D eigenvalue weighted by atomic mass is 9.96. The van der Waals surface area contributed by atoms with Gasteiger partial charge in [0, 0.05) is 41.4 Å². The third kappa shape index (κ3) is 3.63. The monoisotopic (exact) mass is 398 g/mol. The number of hydrogen-bond donors (Lipinski definition) is 2. The largest absolute Gasteiger partial charge is 0.350 e.